The molecule has 0 nitrogen and oxygen atoms in total. The molecule has 0 aromatic heterocycles. The van der Waals surface area contributed by atoms with Gasteiger partial charge in [-0.2, -0.15) is 0 Å². The van der Waals surface area contributed by atoms with E-state index in [0.717, 1.165) is 37.3 Å². The molecule has 1 fully saturated rings. The maximum absolute atomic E-state index is 13.9. The summed E-state index contributed by atoms with van der Waals surface area (Å²) >= 11 is 0. The zero-order valence-corrected chi connectivity index (χ0v) is 17.5. The van der Waals surface area contributed by atoms with Crippen LogP contribution in [0.4, 0.5) is 13.2 Å². The van der Waals surface area contributed by atoms with Gasteiger partial charge in [0.05, 0.1) is 0 Å². The SMILES string of the molecule is [2H]C1CC(CCCC)CC([2H])([2H])C1c1ccc(C#Cc2ccc3c(F)c(F)c(F)cc3c2)cc1. The van der Waals surface area contributed by atoms with Crippen molar-refractivity contribution in [2.24, 2.45) is 5.92 Å². The van der Waals surface area contributed by atoms with Gasteiger partial charge in [0.15, 0.2) is 17.5 Å². The number of hydrogen-bond donors (Lipinski definition) is 0. The van der Waals surface area contributed by atoms with Gasteiger partial charge in [-0.25, -0.2) is 13.2 Å². The Bertz CT molecular complexity index is 1240. The van der Waals surface area contributed by atoms with Crippen molar-refractivity contribution in [3.63, 3.8) is 0 Å². The summed E-state index contributed by atoms with van der Waals surface area (Å²) in [5.74, 6) is 1.82. The number of rotatable bonds is 4. The van der Waals surface area contributed by atoms with Crippen LogP contribution in [0.1, 0.15) is 78.5 Å². The third kappa shape index (κ3) is 4.96. The molecule has 3 unspecified atom stereocenters. The molecule has 0 bridgehead atoms. The highest BCUT2D eigenvalue weighted by molar-refractivity contribution is 5.84. The Hall–Kier alpha value is -2.73. The zero-order valence-electron chi connectivity index (χ0n) is 20.5. The van der Waals surface area contributed by atoms with E-state index in [-0.39, 0.29) is 16.7 Å². The quantitative estimate of drug-likeness (QED) is 0.294. The van der Waals surface area contributed by atoms with E-state index < -0.39 is 36.1 Å². The Labute approximate surface area is 186 Å². The molecule has 0 saturated heterocycles. The Morgan fingerprint density at radius 2 is 1.68 bits per heavy atom. The molecule has 3 aromatic rings. The minimum absolute atomic E-state index is 0.00237. The van der Waals surface area contributed by atoms with Crippen LogP contribution in [0.5, 0.6) is 0 Å². The maximum Gasteiger partial charge on any atom is 0.195 e. The standard InChI is InChI=1S/C28H27F3/c1-2-3-4-19-7-12-22(13-8-19)23-14-9-20(10-15-23)5-6-21-11-16-25-24(17-21)18-26(29)28(31)27(25)30/h9-11,14-19,22H,2-4,7-8,12-13H2,1H3/i12D,13D2. The summed E-state index contributed by atoms with van der Waals surface area (Å²) in [6.45, 7) is 2.13. The lowest BCUT2D eigenvalue weighted by Crippen LogP contribution is -2.13. The number of fused-ring (bicyclic) bond motifs is 1. The average molecular weight is 424 g/mol. The molecule has 0 amide bonds. The first-order chi connectivity index (χ1) is 16.2. The van der Waals surface area contributed by atoms with Crippen LogP contribution in [0.25, 0.3) is 10.8 Å². The molecule has 3 heteroatoms. The van der Waals surface area contributed by atoms with Gasteiger partial charge in [-0.3, -0.25) is 0 Å². The third-order valence-electron chi connectivity index (χ3n) is 5.89. The molecule has 1 aliphatic carbocycles. The van der Waals surface area contributed by atoms with E-state index in [9.17, 15) is 13.2 Å². The minimum atomic E-state index is -1.49. The predicted molar refractivity (Wildman–Crippen MR) is 120 cm³/mol. The topological polar surface area (TPSA) is 0 Å². The summed E-state index contributed by atoms with van der Waals surface area (Å²) in [6.07, 6.45) is 2.44. The number of benzene rings is 3. The Balaban J connectivity index is 1.52. The van der Waals surface area contributed by atoms with Crippen molar-refractivity contribution in [3.8, 4) is 11.8 Å². The fourth-order valence-electron chi connectivity index (χ4n) is 4.06. The first kappa shape index (κ1) is 17.9. The van der Waals surface area contributed by atoms with Crippen molar-refractivity contribution >= 4 is 10.8 Å². The van der Waals surface area contributed by atoms with Crippen molar-refractivity contribution in [1.29, 1.82) is 0 Å². The Morgan fingerprint density at radius 1 is 0.935 bits per heavy atom. The van der Waals surface area contributed by atoms with E-state index in [1.807, 2.05) is 24.3 Å². The second-order valence-electron chi connectivity index (χ2n) is 8.16. The summed E-state index contributed by atoms with van der Waals surface area (Å²) in [5.41, 5.74) is 2.05. The average Bonchev–Trinajstić information content (AvgIpc) is 2.79. The van der Waals surface area contributed by atoms with Gasteiger partial charge in [0.1, 0.15) is 0 Å². The van der Waals surface area contributed by atoms with Gasteiger partial charge < -0.3 is 0 Å². The molecule has 1 aliphatic rings. The number of halogens is 3. The fraction of sp³-hybridized carbons (Fsp3) is 0.357. The first-order valence-electron chi connectivity index (χ1n) is 12.4. The molecule has 1 saturated carbocycles. The van der Waals surface area contributed by atoms with E-state index in [1.165, 1.54) is 12.1 Å². The van der Waals surface area contributed by atoms with Crippen molar-refractivity contribution in [2.75, 3.05) is 0 Å². The Kier molecular flexibility index (Phi) is 5.54. The van der Waals surface area contributed by atoms with Crippen molar-refractivity contribution in [3.05, 3.63) is 82.7 Å². The lowest BCUT2D eigenvalue weighted by Gasteiger charge is -2.28. The van der Waals surface area contributed by atoms with Crippen LogP contribution < -0.4 is 0 Å². The predicted octanol–water partition coefficient (Wildman–Crippen LogP) is 8.12. The lowest BCUT2D eigenvalue weighted by molar-refractivity contribution is 0.304. The molecule has 31 heavy (non-hydrogen) atoms. The van der Waals surface area contributed by atoms with Crippen LogP contribution in [-0.4, -0.2) is 0 Å². The normalized spacial score (nSPS) is 24.0. The van der Waals surface area contributed by atoms with E-state index >= 15 is 0 Å². The molecule has 0 heterocycles. The molecule has 3 atom stereocenters. The van der Waals surface area contributed by atoms with Crippen LogP contribution in [0.3, 0.4) is 0 Å². The molecule has 4 rings (SSSR count). The lowest BCUT2D eigenvalue weighted by atomic mass is 9.77. The highest BCUT2D eigenvalue weighted by Crippen LogP contribution is 2.37. The van der Waals surface area contributed by atoms with Crippen molar-refractivity contribution < 1.29 is 17.3 Å². The van der Waals surface area contributed by atoms with Gasteiger partial charge in [0, 0.05) is 20.6 Å². The third-order valence-corrected chi connectivity index (χ3v) is 5.89. The second kappa shape index (κ2) is 9.60. The smallest absolute Gasteiger partial charge is 0.195 e. The monoisotopic (exact) mass is 423 g/mol. The molecular formula is C28H27F3. The largest absolute Gasteiger partial charge is 0.204 e. The fourth-order valence-corrected chi connectivity index (χ4v) is 4.06. The van der Waals surface area contributed by atoms with E-state index in [4.69, 9.17) is 4.11 Å². The molecule has 0 spiro atoms. The van der Waals surface area contributed by atoms with E-state index in [2.05, 4.69) is 18.8 Å². The van der Waals surface area contributed by atoms with Gasteiger partial charge in [-0.1, -0.05) is 56.2 Å². The van der Waals surface area contributed by atoms with Gasteiger partial charge >= 0.3 is 0 Å². The summed E-state index contributed by atoms with van der Waals surface area (Å²) in [4.78, 5) is 0. The molecular weight excluding hydrogens is 393 g/mol. The summed E-state index contributed by atoms with van der Waals surface area (Å²) < 4.78 is 66.7. The summed E-state index contributed by atoms with van der Waals surface area (Å²) in [6, 6.07) is 12.7. The van der Waals surface area contributed by atoms with Gasteiger partial charge in [-0.15, -0.1) is 0 Å². The summed E-state index contributed by atoms with van der Waals surface area (Å²) in [7, 11) is 0. The first-order valence-corrected chi connectivity index (χ1v) is 10.8. The zero-order chi connectivity index (χ0) is 24.5. The highest BCUT2D eigenvalue weighted by atomic mass is 19.2. The van der Waals surface area contributed by atoms with Crippen molar-refractivity contribution in [2.45, 2.75) is 57.7 Å². The van der Waals surface area contributed by atoms with E-state index in [1.54, 1.807) is 6.07 Å². The molecule has 0 radical (unpaired) electrons. The summed E-state index contributed by atoms with van der Waals surface area (Å²) in [5, 5.41) is 0.231. The van der Waals surface area contributed by atoms with Crippen LogP contribution >= 0.6 is 0 Å². The molecule has 0 aliphatic heterocycles. The van der Waals surface area contributed by atoms with Crippen LogP contribution in [0, 0.1) is 35.2 Å². The van der Waals surface area contributed by atoms with Gasteiger partial charge in [0.25, 0.3) is 0 Å². The number of unbranched alkanes of at least 4 members (excludes halogenated alkanes) is 1. The van der Waals surface area contributed by atoms with Gasteiger partial charge in [0.2, 0.25) is 0 Å². The highest BCUT2D eigenvalue weighted by Gasteiger charge is 2.21. The van der Waals surface area contributed by atoms with Crippen LogP contribution in [0.15, 0.2) is 48.5 Å². The van der Waals surface area contributed by atoms with Crippen LogP contribution in [-0.2, 0) is 0 Å². The molecule has 160 valence electrons. The maximum atomic E-state index is 13.9. The van der Waals surface area contributed by atoms with Crippen LogP contribution in [0.2, 0.25) is 0 Å². The van der Waals surface area contributed by atoms with Crippen molar-refractivity contribution in [1.82, 2.24) is 0 Å². The molecule has 3 aromatic carbocycles. The Morgan fingerprint density at radius 3 is 2.42 bits per heavy atom. The van der Waals surface area contributed by atoms with Gasteiger partial charge in [-0.05, 0) is 78.7 Å². The molecule has 0 N–H and O–H groups in total. The minimum Gasteiger partial charge on any atom is -0.204 e. The van der Waals surface area contributed by atoms with E-state index in [0.29, 0.717) is 17.5 Å². The second-order valence-corrected chi connectivity index (χ2v) is 8.16. The number of hydrogen-bond acceptors (Lipinski definition) is 0.